The molecule has 0 bridgehead atoms. The zero-order chi connectivity index (χ0) is 16.0. The Morgan fingerprint density at radius 2 is 2.44 bits per heavy atom. The summed E-state index contributed by atoms with van der Waals surface area (Å²) in [6.45, 7) is -4.16. The molecule has 1 aliphatic heterocycles. The van der Waals surface area contributed by atoms with E-state index in [2.05, 4.69) is 0 Å². The van der Waals surface area contributed by atoms with Gasteiger partial charge in [-0.25, -0.2) is 9.18 Å². The van der Waals surface area contributed by atoms with Crippen LogP contribution in [-0.4, -0.2) is 44.2 Å². The number of halogens is 1. The maximum atomic E-state index is 15.0. The third kappa shape index (κ3) is 1.88. The summed E-state index contributed by atoms with van der Waals surface area (Å²) in [5.41, 5.74) is -5.17. The Kier molecular flexibility index (Phi) is 2.25. The maximum Gasteiger partial charge on any atom is 0.330 e. The fourth-order valence-electron chi connectivity index (χ4n) is 1.78. The summed E-state index contributed by atoms with van der Waals surface area (Å²) in [5, 5.41) is 18.8. The van der Waals surface area contributed by atoms with Crippen LogP contribution >= 0.6 is 0 Å². The largest absolute Gasteiger partial charge is 0.394 e. The average Bonchev–Trinajstić information content (AvgIpc) is 2.63. The van der Waals surface area contributed by atoms with Gasteiger partial charge in [-0.1, -0.05) is 0 Å². The minimum absolute atomic E-state index is 0.520. The maximum absolute atomic E-state index is 15.0. The SMILES string of the molecule is [2H][13C]([2H])([2H])[C@@]1(F)[C@H](O)[C@@H](CO)O[C@H]1n1ccc(=O)[nH]c1=O. The van der Waals surface area contributed by atoms with Crippen molar-refractivity contribution in [3.63, 3.8) is 0 Å². The summed E-state index contributed by atoms with van der Waals surface area (Å²) < 4.78 is 42.3. The molecule has 1 fully saturated rings. The summed E-state index contributed by atoms with van der Waals surface area (Å²) in [6, 6.07) is 0.878. The van der Waals surface area contributed by atoms with E-state index in [0.717, 1.165) is 12.3 Å². The summed E-state index contributed by atoms with van der Waals surface area (Å²) in [6.07, 6.45) is -4.84. The van der Waals surface area contributed by atoms with Gasteiger partial charge < -0.3 is 14.9 Å². The van der Waals surface area contributed by atoms with Crippen LogP contribution in [0.15, 0.2) is 21.9 Å². The lowest BCUT2D eigenvalue weighted by molar-refractivity contribution is -0.0611. The normalized spacial score (nSPS) is 39.1. The van der Waals surface area contributed by atoms with Crippen molar-refractivity contribution in [1.29, 1.82) is 0 Å². The first-order chi connectivity index (χ1) is 9.62. The average molecular weight is 264 g/mol. The number of H-pyrrole nitrogens is 1. The number of ether oxygens (including phenoxy) is 1. The highest BCUT2D eigenvalue weighted by atomic mass is 19.1. The van der Waals surface area contributed by atoms with Crippen molar-refractivity contribution in [2.75, 3.05) is 6.61 Å². The van der Waals surface area contributed by atoms with Crippen molar-refractivity contribution in [2.24, 2.45) is 0 Å². The molecular formula is C10H13FN2O5. The zero-order valence-electron chi connectivity index (χ0n) is 12.0. The van der Waals surface area contributed by atoms with Crippen LogP contribution in [-0.2, 0) is 4.74 Å². The highest BCUT2D eigenvalue weighted by Crippen LogP contribution is 2.40. The van der Waals surface area contributed by atoms with Gasteiger partial charge in [-0.15, -0.1) is 0 Å². The van der Waals surface area contributed by atoms with Crippen LogP contribution in [0, 0.1) is 0 Å². The van der Waals surface area contributed by atoms with Gasteiger partial charge in [0.2, 0.25) is 0 Å². The van der Waals surface area contributed by atoms with E-state index in [9.17, 15) is 19.1 Å². The zero-order valence-corrected chi connectivity index (χ0v) is 9.04. The molecule has 1 saturated heterocycles. The summed E-state index contributed by atoms with van der Waals surface area (Å²) in [7, 11) is 0. The van der Waals surface area contributed by atoms with Crippen molar-refractivity contribution in [2.45, 2.75) is 31.0 Å². The number of aromatic amines is 1. The van der Waals surface area contributed by atoms with Crippen LogP contribution in [0.4, 0.5) is 4.39 Å². The fourth-order valence-corrected chi connectivity index (χ4v) is 1.78. The summed E-state index contributed by atoms with van der Waals surface area (Å²) >= 11 is 0. The predicted molar refractivity (Wildman–Crippen MR) is 57.8 cm³/mol. The Morgan fingerprint density at radius 3 is 3.00 bits per heavy atom. The van der Waals surface area contributed by atoms with E-state index in [0.29, 0.717) is 4.57 Å². The number of hydrogen-bond acceptors (Lipinski definition) is 5. The molecule has 4 atom stereocenters. The van der Waals surface area contributed by atoms with Gasteiger partial charge in [-0.2, -0.15) is 0 Å². The molecule has 0 saturated carbocycles. The first-order valence-corrected chi connectivity index (χ1v) is 5.07. The molecule has 1 aromatic rings. The van der Waals surface area contributed by atoms with E-state index < -0.39 is 48.8 Å². The lowest BCUT2D eigenvalue weighted by atomic mass is 10.0. The Bertz CT molecular complexity index is 645. The van der Waals surface area contributed by atoms with E-state index in [1.165, 1.54) is 0 Å². The Labute approximate surface area is 105 Å². The van der Waals surface area contributed by atoms with Gasteiger partial charge in [0.25, 0.3) is 5.56 Å². The molecule has 3 N–H and O–H groups in total. The van der Waals surface area contributed by atoms with Gasteiger partial charge in [-0.3, -0.25) is 14.3 Å². The van der Waals surface area contributed by atoms with Gasteiger partial charge in [-0.05, 0) is 6.85 Å². The van der Waals surface area contributed by atoms with Crippen molar-refractivity contribution in [1.82, 2.24) is 9.55 Å². The Balaban J connectivity index is 2.60. The third-order valence-electron chi connectivity index (χ3n) is 2.73. The van der Waals surface area contributed by atoms with E-state index >= 15 is 0 Å². The molecule has 8 heteroatoms. The molecule has 2 heterocycles. The minimum Gasteiger partial charge on any atom is -0.394 e. The number of alkyl halides is 1. The number of aromatic nitrogens is 2. The molecule has 7 nitrogen and oxygen atoms in total. The Hall–Kier alpha value is -1.51. The molecule has 1 aliphatic rings. The fraction of sp³-hybridized carbons (Fsp3) is 0.600. The van der Waals surface area contributed by atoms with E-state index in [-0.39, 0.29) is 0 Å². The molecule has 0 radical (unpaired) electrons. The summed E-state index contributed by atoms with van der Waals surface area (Å²) in [4.78, 5) is 24.5. The van der Waals surface area contributed by atoms with Crippen molar-refractivity contribution < 1.29 is 23.5 Å². The quantitative estimate of drug-likeness (QED) is 0.565. The topological polar surface area (TPSA) is 105 Å². The second-order valence-corrected chi connectivity index (χ2v) is 3.94. The van der Waals surface area contributed by atoms with E-state index in [1.54, 1.807) is 0 Å². The van der Waals surface area contributed by atoms with Gasteiger partial charge in [0.15, 0.2) is 11.9 Å². The summed E-state index contributed by atoms with van der Waals surface area (Å²) in [5.74, 6) is 0. The van der Waals surface area contributed by atoms with Crippen LogP contribution in [0.1, 0.15) is 17.2 Å². The highest BCUT2D eigenvalue weighted by molar-refractivity contribution is 5.01. The molecule has 2 rings (SSSR count). The van der Waals surface area contributed by atoms with Crippen LogP contribution in [0.2, 0.25) is 0 Å². The van der Waals surface area contributed by atoms with E-state index in [1.807, 2.05) is 4.98 Å². The van der Waals surface area contributed by atoms with Crippen LogP contribution < -0.4 is 11.2 Å². The minimum atomic E-state index is -3.32. The number of nitrogens with zero attached hydrogens (tertiary/aromatic N) is 1. The number of aliphatic hydroxyl groups excluding tert-OH is 2. The van der Waals surface area contributed by atoms with Crippen LogP contribution in [0.25, 0.3) is 0 Å². The van der Waals surface area contributed by atoms with Crippen LogP contribution in [0.5, 0.6) is 0 Å². The first kappa shape index (κ1) is 9.42. The van der Waals surface area contributed by atoms with Gasteiger partial charge >= 0.3 is 5.69 Å². The van der Waals surface area contributed by atoms with E-state index in [4.69, 9.17) is 14.0 Å². The predicted octanol–water partition coefficient (Wildman–Crippen LogP) is -1.48. The Morgan fingerprint density at radius 1 is 1.72 bits per heavy atom. The standard InChI is InChI=1S/C10H13FN2O5/c1-10(11)7(16)5(4-14)18-8(10)13-3-2-6(15)12-9(13)17/h2-3,5,7-8,14,16H,4H2,1H3,(H,12,15,17)/t5-,7-,8-,10-/m1/s1/i1+1D3. The first-order valence-electron chi connectivity index (χ1n) is 6.57. The van der Waals surface area contributed by atoms with Crippen molar-refractivity contribution >= 4 is 0 Å². The van der Waals surface area contributed by atoms with Crippen LogP contribution in [0.3, 0.4) is 0 Å². The smallest absolute Gasteiger partial charge is 0.330 e. The molecule has 0 aliphatic carbocycles. The molecule has 100 valence electrons. The molecular weight excluding hydrogens is 248 g/mol. The highest BCUT2D eigenvalue weighted by Gasteiger charge is 2.54. The monoisotopic (exact) mass is 264 g/mol. The number of rotatable bonds is 2. The van der Waals surface area contributed by atoms with Crippen molar-refractivity contribution in [3.8, 4) is 0 Å². The molecule has 0 unspecified atom stereocenters. The van der Waals surface area contributed by atoms with Crippen molar-refractivity contribution in [3.05, 3.63) is 33.1 Å². The number of aliphatic hydroxyl groups is 2. The second kappa shape index (κ2) is 4.30. The molecule has 0 aromatic carbocycles. The molecule has 18 heavy (non-hydrogen) atoms. The molecule has 1 aromatic heterocycles. The molecule has 0 spiro atoms. The van der Waals surface area contributed by atoms with Gasteiger partial charge in [0.1, 0.15) is 12.2 Å². The number of hydrogen-bond donors (Lipinski definition) is 3. The van der Waals surface area contributed by atoms with Gasteiger partial charge in [0.05, 0.1) is 6.61 Å². The second-order valence-electron chi connectivity index (χ2n) is 3.94. The number of nitrogens with one attached hydrogen (secondary N) is 1. The lowest BCUT2D eigenvalue weighted by Crippen LogP contribution is -2.43. The third-order valence-corrected chi connectivity index (χ3v) is 2.73. The lowest BCUT2D eigenvalue weighted by Gasteiger charge is -2.24. The van der Waals surface area contributed by atoms with Gasteiger partial charge in [0, 0.05) is 16.4 Å². The molecule has 0 amide bonds.